The molecule has 0 fully saturated rings. The molecule has 0 rings (SSSR count). The van der Waals surface area contributed by atoms with Crippen LogP contribution in [0.15, 0.2) is 0 Å². The first kappa shape index (κ1) is 8.25. The predicted octanol–water partition coefficient (Wildman–Crippen LogP) is 1.73. The van der Waals surface area contributed by atoms with E-state index in [-0.39, 0.29) is 5.50 Å². The van der Waals surface area contributed by atoms with Gasteiger partial charge in [-0.1, -0.05) is 13.8 Å². The molecule has 0 heterocycles. The van der Waals surface area contributed by atoms with Crippen molar-refractivity contribution in [2.45, 2.75) is 19.3 Å². The van der Waals surface area contributed by atoms with Crippen molar-refractivity contribution in [3.05, 3.63) is 6.92 Å². The lowest BCUT2D eigenvalue weighted by Crippen LogP contribution is -2.28. The summed E-state index contributed by atoms with van der Waals surface area (Å²) in [4.78, 5) is 2.07. The molecule has 0 aliphatic rings. The standard InChI is InChI=1S/C6H13ClN/c1-4-8(5-2)6(3)7/h6H,3-5H2,1-2H3. The first-order valence-electron chi connectivity index (χ1n) is 2.93. The minimum Gasteiger partial charge on any atom is -0.288 e. The van der Waals surface area contributed by atoms with E-state index in [1.165, 1.54) is 0 Å². The Kier molecular flexibility index (Phi) is 4.29. The fourth-order valence-corrected chi connectivity index (χ4v) is 0.896. The molecule has 0 saturated heterocycles. The lowest BCUT2D eigenvalue weighted by Gasteiger charge is -2.19. The van der Waals surface area contributed by atoms with Gasteiger partial charge in [0.2, 0.25) is 0 Å². The van der Waals surface area contributed by atoms with Crippen molar-refractivity contribution in [3.8, 4) is 0 Å². The van der Waals surface area contributed by atoms with Crippen LogP contribution >= 0.6 is 11.6 Å². The van der Waals surface area contributed by atoms with Gasteiger partial charge in [0.1, 0.15) is 0 Å². The number of hydrogen-bond donors (Lipinski definition) is 0. The number of nitrogens with zero attached hydrogens (tertiary/aromatic N) is 1. The van der Waals surface area contributed by atoms with Crippen LogP contribution in [0.25, 0.3) is 0 Å². The third-order valence-corrected chi connectivity index (χ3v) is 1.48. The van der Waals surface area contributed by atoms with E-state index in [1.54, 1.807) is 0 Å². The fourth-order valence-electron chi connectivity index (χ4n) is 0.620. The first-order valence-corrected chi connectivity index (χ1v) is 3.37. The molecule has 1 unspecified atom stereocenters. The van der Waals surface area contributed by atoms with Crippen LogP contribution in [0.2, 0.25) is 0 Å². The van der Waals surface area contributed by atoms with Gasteiger partial charge in [-0.3, -0.25) is 4.90 Å². The van der Waals surface area contributed by atoms with E-state index in [1.807, 2.05) is 0 Å². The molecule has 0 aliphatic carbocycles. The van der Waals surface area contributed by atoms with Gasteiger partial charge in [0.05, 0.1) is 5.50 Å². The maximum Gasteiger partial charge on any atom is 0.0851 e. The zero-order valence-electron chi connectivity index (χ0n) is 5.52. The Balaban J connectivity index is 3.35. The number of halogens is 1. The Morgan fingerprint density at radius 3 is 1.88 bits per heavy atom. The number of rotatable bonds is 3. The molecule has 0 spiro atoms. The molecule has 2 heteroatoms. The van der Waals surface area contributed by atoms with Gasteiger partial charge >= 0.3 is 0 Å². The van der Waals surface area contributed by atoms with Crippen LogP contribution in [0.3, 0.4) is 0 Å². The van der Waals surface area contributed by atoms with Crippen molar-refractivity contribution in [2.75, 3.05) is 13.1 Å². The SMILES string of the molecule is [CH2]C(Cl)N(CC)CC. The normalized spacial score (nSPS) is 14.6. The maximum atomic E-state index is 5.66. The van der Waals surface area contributed by atoms with Crippen LogP contribution in [0.5, 0.6) is 0 Å². The predicted molar refractivity (Wildman–Crippen MR) is 37.9 cm³/mol. The van der Waals surface area contributed by atoms with Crippen molar-refractivity contribution in [2.24, 2.45) is 0 Å². The highest BCUT2D eigenvalue weighted by Crippen LogP contribution is 2.00. The van der Waals surface area contributed by atoms with Crippen molar-refractivity contribution < 1.29 is 0 Å². The largest absolute Gasteiger partial charge is 0.288 e. The van der Waals surface area contributed by atoms with E-state index >= 15 is 0 Å². The van der Waals surface area contributed by atoms with Crippen LogP contribution in [0.1, 0.15) is 13.8 Å². The summed E-state index contributed by atoms with van der Waals surface area (Å²) in [6, 6.07) is 0. The Morgan fingerprint density at radius 2 is 1.88 bits per heavy atom. The van der Waals surface area contributed by atoms with Gasteiger partial charge in [-0.05, 0) is 20.0 Å². The molecule has 8 heavy (non-hydrogen) atoms. The quantitative estimate of drug-likeness (QED) is 0.420. The smallest absolute Gasteiger partial charge is 0.0851 e. The molecule has 1 radical (unpaired) electrons. The lowest BCUT2D eigenvalue weighted by molar-refractivity contribution is 0.309. The summed E-state index contributed by atoms with van der Waals surface area (Å²) in [5.41, 5.74) is -0.0648. The molecule has 1 atom stereocenters. The fraction of sp³-hybridized carbons (Fsp3) is 0.833. The molecule has 0 amide bonds. The molecule has 0 aliphatic heterocycles. The summed E-state index contributed by atoms with van der Waals surface area (Å²) in [5.74, 6) is 0. The van der Waals surface area contributed by atoms with Crippen LogP contribution in [-0.4, -0.2) is 23.5 Å². The van der Waals surface area contributed by atoms with E-state index in [4.69, 9.17) is 11.6 Å². The zero-order chi connectivity index (χ0) is 6.57. The summed E-state index contributed by atoms with van der Waals surface area (Å²) in [6.45, 7) is 9.78. The van der Waals surface area contributed by atoms with E-state index in [0.717, 1.165) is 13.1 Å². The van der Waals surface area contributed by atoms with Crippen LogP contribution in [-0.2, 0) is 0 Å². The molecule has 0 bridgehead atoms. The number of hydrogen-bond acceptors (Lipinski definition) is 1. The van der Waals surface area contributed by atoms with Crippen molar-refractivity contribution in [3.63, 3.8) is 0 Å². The molecule has 0 aromatic heterocycles. The second-order valence-corrected chi connectivity index (χ2v) is 2.16. The van der Waals surface area contributed by atoms with Crippen LogP contribution in [0.4, 0.5) is 0 Å². The molecular formula is C6H13ClN. The summed E-state index contributed by atoms with van der Waals surface area (Å²) in [7, 11) is 0. The molecule has 0 N–H and O–H groups in total. The van der Waals surface area contributed by atoms with Crippen LogP contribution < -0.4 is 0 Å². The monoisotopic (exact) mass is 134 g/mol. The van der Waals surface area contributed by atoms with Crippen molar-refractivity contribution in [1.82, 2.24) is 4.90 Å². The van der Waals surface area contributed by atoms with Gasteiger partial charge in [-0.25, -0.2) is 0 Å². The molecule has 1 nitrogen and oxygen atoms in total. The summed E-state index contributed by atoms with van der Waals surface area (Å²) in [6.07, 6.45) is 0. The highest BCUT2D eigenvalue weighted by atomic mass is 35.5. The van der Waals surface area contributed by atoms with Gasteiger partial charge in [-0.15, -0.1) is 11.6 Å². The lowest BCUT2D eigenvalue weighted by atomic mass is 10.5. The summed E-state index contributed by atoms with van der Waals surface area (Å²) < 4.78 is 0. The molecule has 0 saturated carbocycles. The summed E-state index contributed by atoms with van der Waals surface area (Å²) >= 11 is 5.66. The third kappa shape index (κ3) is 2.53. The second kappa shape index (κ2) is 4.16. The molecule has 49 valence electrons. The second-order valence-electron chi connectivity index (χ2n) is 1.66. The van der Waals surface area contributed by atoms with Gasteiger partial charge in [0.15, 0.2) is 0 Å². The van der Waals surface area contributed by atoms with Gasteiger partial charge in [-0.2, -0.15) is 0 Å². The average molecular weight is 135 g/mol. The third-order valence-electron chi connectivity index (χ3n) is 1.21. The molecule has 0 aromatic carbocycles. The van der Waals surface area contributed by atoms with Crippen LogP contribution in [0, 0.1) is 6.92 Å². The highest BCUT2D eigenvalue weighted by Gasteiger charge is 2.03. The Hall–Kier alpha value is 0.250. The topological polar surface area (TPSA) is 3.24 Å². The highest BCUT2D eigenvalue weighted by molar-refractivity contribution is 6.20. The van der Waals surface area contributed by atoms with Gasteiger partial charge < -0.3 is 0 Å². The summed E-state index contributed by atoms with van der Waals surface area (Å²) in [5, 5.41) is 0. The van der Waals surface area contributed by atoms with Crippen molar-refractivity contribution >= 4 is 11.6 Å². The van der Waals surface area contributed by atoms with E-state index < -0.39 is 0 Å². The number of alkyl halides is 1. The van der Waals surface area contributed by atoms with E-state index in [0.29, 0.717) is 0 Å². The van der Waals surface area contributed by atoms with Gasteiger partial charge in [0, 0.05) is 0 Å². The average Bonchev–Trinajstić information content (AvgIpc) is 1.69. The Labute approximate surface area is 56.6 Å². The van der Waals surface area contributed by atoms with E-state index in [2.05, 4.69) is 25.7 Å². The zero-order valence-corrected chi connectivity index (χ0v) is 6.28. The first-order chi connectivity index (χ1) is 3.72. The Bertz CT molecular complexity index is 50.5. The minimum absolute atomic E-state index is 0.0648. The maximum absolute atomic E-state index is 5.66. The van der Waals surface area contributed by atoms with E-state index in [9.17, 15) is 0 Å². The minimum atomic E-state index is -0.0648. The Morgan fingerprint density at radius 1 is 1.50 bits per heavy atom. The molecule has 0 aromatic rings. The molecular weight excluding hydrogens is 122 g/mol. The van der Waals surface area contributed by atoms with Gasteiger partial charge in [0.25, 0.3) is 0 Å². The van der Waals surface area contributed by atoms with Crippen molar-refractivity contribution in [1.29, 1.82) is 0 Å².